The van der Waals surface area contributed by atoms with Crippen LogP contribution in [0.5, 0.6) is 5.75 Å². The zero-order valence-electron chi connectivity index (χ0n) is 10.9. The van der Waals surface area contributed by atoms with Gasteiger partial charge in [-0.3, -0.25) is 9.97 Å². The number of ether oxygens (including phenoxy) is 1. The maximum atomic E-state index is 10.4. The summed E-state index contributed by atoms with van der Waals surface area (Å²) in [5.41, 5.74) is 1.19. The lowest BCUT2D eigenvalue weighted by molar-refractivity contribution is 0.213. The van der Waals surface area contributed by atoms with E-state index in [-0.39, 0.29) is 0 Å². The number of halogens is 2. The van der Waals surface area contributed by atoms with E-state index < -0.39 is 6.10 Å². The van der Waals surface area contributed by atoms with Crippen molar-refractivity contribution in [2.24, 2.45) is 0 Å². The fourth-order valence-electron chi connectivity index (χ4n) is 1.67. The summed E-state index contributed by atoms with van der Waals surface area (Å²) >= 11 is 6.74. The molecule has 106 valence electrons. The summed E-state index contributed by atoms with van der Waals surface area (Å²) in [6.07, 6.45) is 4.96. The first-order valence-electron chi connectivity index (χ1n) is 6.18. The first kappa shape index (κ1) is 15.4. The molecule has 1 N–H and O–H groups in total. The molecule has 20 heavy (non-hydrogen) atoms. The Hall–Kier alpha value is -0.980. The third-order valence-electron chi connectivity index (χ3n) is 2.62. The summed E-state index contributed by atoms with van der Waals surface area (Å²) in [5.74, 6) is 0.650. The zero-order chi connectivity index (χ0) is 14.5. The van der Waals surface area contributed by atoms with E-state index >= 15 is 0 Å². The quantitative estimate of drug-likeness (QED) is 0.826. The molecule has 0 saturated heterocycles. The largest absolute Gasteiger partial charge is 0.492 e. The van der Waals surface area contributed by atoms with Crippen LogP contribution < -0.4 is 4.74 Å². The van der Waals surface area contributed by atoms with Crippen LogP contribution in [0.4, 0.5) is 0 Å². The van der Waals surface area contributed by atoms with E-state index in [1.54, 1.807) is 24.7 Å². The standard InChI is InChI=1S/C14H14Br2N2O2/c1-2-3-20-11-4-9(6-17-8-11)14(19)13-12(16)5-10(15)7-18-13/h4-8,14,19H,2-3H2,1H3. The lowest BCUT2D eigenvalue weighted by atomic mass is 10.1. The number of pyridine rings is 2. The minimum atomic E-state index is -0.852. The summed E-state index contributed by atoms with van der Waals surface area (Å²) in [6.45, 7) is 2.66. The van der Waals surface area contributed by atoms with Crippen molar-refractivity contribution in [3.8, 4) is 5.75 Å². The second-order valence-corrected chi connectivity index (χ2v) is 6.00. The lowest BCUT2D eigenvalue weighted by Crippen LogP contribution is -2.05. The number of hydrogen-bond donors (Lipinski definition) is 1. The van der Waals surface area contributed by atoms with Gasteiger partial charge in [0.1, 0.15) is 11.9 Å². The van der Waals surface area contributed by atoms with Crippen molar-refractivity contribution in [3.05, 3.63) is 50.9 Å². The molecule has 4 nitrogen and oxygen atoms in total. The van der Waals surface area contributed by atoms with Crippen LogP contribution in [0.3, 0.4) is 0 Å². The number of aliphatic hydroxyl groups excluding tert-OH is 1. The predicted molar refractivity (Wildman–Crippen MR) is 83.7 cm³/mol. The summed E-state index contributed by atoms with van der Waals surface area (Å²) in [7, 11) is 0. The van der Waals surface area contributed by atoms with Crippen molar-refractivity contribution in [2.75, 3.05) is 6.61 Å². The minimum Gasteiger partial charge on any atom is -0.492 e. The van der Waals surface area contributed by atoms with E-state index in [4.69, 9.17) is 4.74 Å². The first-order chi connectivity index (χ1) is 9.61. The monoisotopic (exact) mass is 400 g/mol. The molecule has 1 atom stereocenters. The van der Waals surface area contributed by atoms with E-state index in [1.165, 1.54) is 0 Å². The smallest absolute Gasteiger partial charge is 0.137 e. The topological polar surface area (TPSA) is 55.2 Å². The van der Waals surface area contributed by atoms with E-state index in [1.807, 2.05) is 13.0 Å². The van der Waals surface area contributed by atoms with Crippen LogP contribution in [-0.4, -0.2) is 21.7 Å². The number of hydrogen-bond acceptors (Lipinski definition) is 4. The van der Waals surface area contributed by atoms with Gasteiger partial charge in [0.25, 0.3) is 0 Å². The number of nitrogens with zero attached hydrogens (tertiary/aromatic N) is 2. The van der Waals surface area contributed by atoms with Crippen molar-refractivity contribution in [3.63, 3.8) is 0 Å². The van der Waals surface area contributed by atoms with Gasteiger partial charge < -0.3 is 9.84 Å². The van der Waals surface area contributed by atoms with Crippen molar-refractivity contribution in [2.45, 2.75) is 19.4 Å². The Morgan fingerprint density at radius 3 is 2.75 bits per heavy atom. The Kier molecular flexibility index (Phi) is 5.51. The van der Waals surface area contributed by atoms with Gasteiger partial charge in [-0.2, -0.15) is 0 Å². The molecular formula is C14H14Br2N2O2. The van der Waals surface area contributed by atoms with Crippen LogP contribution in [0.25, 0.3) is 0 Å². The average molecular weight is 402 g/mol. The first-order valence-corrected chi connectivity index (χ1v) is 7.77. The summed E-state index contributed by atoms with van der Waals surface area (Å²) in [6, 6.07) is 3.62. The van der Waals surface area contributed by atoms with Gasteiger partial charge in [-0.25, -0.2) is 0 Å². The fraction of sp³-hybridized carbons (Fsp3) is 0.286. The van der Waals surface area contributed by atoms with E-state index in [2.05, 4.69) is 41.8 Å². The van der Waals surface area contributed by atoms with Gasteiger partial charge in [-0.05, 0) is 50.4 Å². The molecule has 0 aliphatic carbocycles. The number of aliphatic hydroxyl groups is 1. The molecule has 2 aromatic rings. The molecule has 0 amide bonds. The molecule has 0 radical (unpaired) electrons. The Balaban J connectivity index is 2.26. The maximum Gasteiger partial charge on any atom is 0.137 e. The number of aromatic nitrogens is 2. The molecule has 0 aliphatic heterocycles. The van der Waals surface area contributed by atoms with Crippen LogP contribution in [0, 0.1) is 0 Å². The second-order valence-electron chi connectivity index (χ2n) is 4.23. The maximum absolute atomic E-state index is 10.4. The van der Waals surface area contributed by atoms with Gasteiger partial charge in [-0.1, -0.05) is 6.92 Å². The molecule has 0 spiro atoms. The highest BCUT2D eigenvalue weighted by molar-refractivity contribution is 9.11. The average Bonchev–Trinajstić information content (AvgIpc) is 2.45. The minimum absolute atomic E-state index is 0.544. The van der Waals surface area contributed by atoms with Crippen LogP contribution in [0.15, 0.2) is 39.7 Å². The van der Waals surface area contributed by atoms with Crippen molar-refractivity contribution >= 4 is 31.9 Å². The predicted octanol–water partition coefficient (Wildman–Crippen LogP) is 3.87. The fourth-order valence-corrected chi connectivity index (χ4v) is 2.87. The molecule has 0 saturated carbocycles. The molecule has 0 fully saturated rings. The van der Waals surface area contributed by atoms with Gasteiger partial charge in [-0.15, -0.1) is 0 Å². The van der Waals surface area contributed by atoms with Crippen molar-refractivity contribution in [1.82, 2.24) is 9.97 Å². The Morgan fingerprint density at radius 1 is 1.25 bits per heavy atom. The van der Waals surface area contributed by atoms with Gasteiger partial charge in [0.05, 0.1) is 18.5 Å². The molecular weight excluding hydrogens is 388 g/mol. The van der Waals surface area contributed by atoms with Crippen LogP contribution in [-0.2, 0) is 0 Å². The van der Waals surface area contributed by atoms with Crippen LogP contribution in [0.2, 0.25) is 0 Å². The zero-order valence-corrected chi connectivity index (χ0v) is 14.1. The summed E-state index contributed by atoms with van der Waals surface area (Å²) in [5, 5.41) is 10.4. The summed E-state index contributed by atoms with van der Waals surface area (Å²) in [4.78, 5) is 8.33. The van der Waals surface area contributed by atoms with Gasteiger partial charge in [0.2, 0.25) is 0 Å². The molecule has 1 unspecified atom stereocenters. The molecule has 2 rings (SSSR count). The third kappa shape index (κ3) is 3.77. The normalized spacial score (nSPS) is 12.2. The van der Waals surface area contributed by atoms with Crippen LogP contribution in [0.1, 0.15) is 30.7 Å². The van der Waals surface area contributed by atoms with E-state index in [0.29, 0.717) is 23.6 Å². The Labute approximate surface area is 134 Å². The van der Waals surface area contributed by atoms with Crippen LogP contribution >= 0.6 is 31.9 Å². The third-order valence-corrected chi connectivity index (χ3v) is 3.69. The van der Waals surface area contributed by atoms with E-state index in [0.717, 1.165) is 15.4 Å². The molecule has 6 heteroatoms. The molecule has 0 aliphatic rings. The lowest BCUT2D eigenvalue weighted by Gasteiger charge is -2.13. The molecule has 2 aromatic heterocycles. The molecule has 0 bridgehead atoms. The highest BCUT2D eigenvalue weighted by atomic mass is 79.9. The van der Waals surface area contributed by atoms with Crippen molar-refractivity contribution < 1.29 is 9.84 Å². The van der Waals surface area contributed by atoms with Gasteiger partial charge in [0, 0.05) is 26.9 Å². The Morgan fingerprint density at radius 2 is 2.05 bits per heavy atom. The van der Waals surface area contributed by atoms with Crippen molar-refractivity contribution in [1.29, 1.82) is 0 Å². The van der Waals surface area contributed by atoms with E-state index in [9.17, 15) is 5.11 Å². The number of rotatable bonds is 5. The van der Waals surface area contributed by atoms with Gasteiger partial charge in [0.15, 0.2) is 0 Å². The second kappa shape index (κ2) is 7.15. The highest BCUT2D eigenvalue weighted by Crippen LogP contribution is 2.29. The highest BCUT2D eigenvalue weighted by Gasteiger charge is 2.16. The SMILES string of the molecule is CCCOc1cncc(C(O)c2ncc(Br)cc2Br)c1. The Bertz CT molecular complexity index is 593. The van der Waals surface area contributed by atoms with Gasteiger partial charge >= 0.3 is 0 Å². The molecule has 0 aromatic carbocycles. The summed E-state index contributed by atoms with van der Waals surface area (Å²) < 4.78 is 7.10. The molecule has 2 heterocycles.